The van der Waals surface area contributed by atoms with Crippen LogP contribution in [0.1, 0.15) is 25.3 Å². The van der Waals surface area contributed by atoms with Crippen molar-refractivity contribution in [2.24, 2.45) is 0 Å². The summed E-state index contributed by atoms with van der Waals surface area (Å²) >= 11 is 0. The molecule has 0 atom stereocenters. The van der Waals surface area contributed by atoms with Crippen LogP contribution in [0.15, 0.2) is 30.3 Å². The zero-order valence-corrected chi connectivity index (χ0v) is 10.5. The van der Waals surface area contributed by atoms with Gasteiger partial charge in [0.2, 0.25) is 5.91 Å². The molecule has 0 fully saturated rings. The molecular formula is C14H22N2O. The number of aryl methyl sites for hydroxylation is 1. The molecule has 0 aliphatic rings. The van der Waals surface area contributed by atoms with Gasteiger partial charge in [-0.3, -0.25) is 4.79 Å². The average Bonchev–Trinajstić information content (AvgIpc) is 2.37. The highest BCUT2D eigenvalue weighted by molar-refractivity contribution is 5.76. The first-order chi connectivity index (χ1) is 8.33. The molecule has 1 aromatic rings. The molecule has 0 spiro atoms. The number of carbonyl (C=O) groups excluding carboxylic acids is 1. The smallest absolute Gasteiger partial charge is 0.220 e. The molecule has 0 saturated heterocycles. The van der Waals surface area contributed by atoms with E-state index in [1.807, 2.05) is 18.2 Å². The minimum atomic E-state index is 0.132. The van der Waals surface area contributed by atoms with Crippen molar-refractivity contribution in [3.05, 3.63) is 35.9 Å². The van der Waals surface area contributed by atoms with Gasteiger partial charge in [0.05, 0.1) is 0 Å². The Hall–Kier alpha value is -1.35. The molecule has 1 aromatic carbocycles. The Bertz CT molecular complexity index is 311. The predicted octanol–water partition coefficient (Wildman–Crippen LogP) is 1.73. The van der Waals surface area contributed by atoms with Crippen LogP contribution in [0, 0.1) is 0 Å². The molecule has 0 radical (unpaired) electrons. The molecule has 17 heavy (non-hydrogen) atoms. The van der Waals surface area contributed by atoms with Gasteiger partial charge in [-0.2, -0.15) is 0 Å². The summed E-state index contributed by atoms with van der Waals surface area (Å²) in [5, 5.41) is 6.16. The molecule has 2 N–H and O–H groups in total. The van der Waals surface area contributed by atoms with Gasteiger partial charge < -0.3 is 10.6 Å². The van der Waals surface area contributed by atoms with Gasteiger partial charge >= 0.3 is 0 Å². The van der Waals surface area contributed by atoms with Gasteiger partial charge in [-0.1, -0.05) is 37.3 Å². The lowest BCUT2D eigenvalue weighted by Crippen LogP contribution is -2.32. The largest absolute Gasteiger partial charge is 0.355 e. The van der Waals surface area contributed by atoms with E-state index < -0.39 is 0 Å². The highest BCUT2D eigenvalue weighted by atomic mass is 16.1. The standard InChI is InChI=1S/C14H22N2O/c1-2-10-15-11-12-16-14(17)9-8-13-6-4-3-5-7-13/h3-7,15H,2,8-12H2,1H3,(H,16,17). The molecule has 0 aliphatic heterocycles. The molecule has 0 saturated carbocycles. The Labute approximate surface area is 104 Å². The number of amides is 1. The molecule has 0 aromatic heterocycles. The van der Waals surface area contributed by atoms with E-state index in [9.17, 15) is 4.79 Å². The van der Waals surface area contributed by atoms with Gasteiger partial charge in [-0.15, -0.1) is 0 Å². The van der Waals surface area contributed by atoms with Crippen LogP contribution >= 0.6 is 0 Å². The third-order valence-electron chi connectivity index (χ3n) is 2.53. The van der Waals surface area contributed by atoms with Crippen LogP contribution in [0.25, 0.3) is 0 Å². The van der Waals surface area contributed by atoms with E-state index in [1.54, 1.807) is 0 Å². The van der Waals surface area contributed by atoms with Crippen LogP contribution in [-0.4, -0.2) is 25.5 Å². The summed E-state index contributed by atoms with van der Waals surface area (Å²) in [6, 6.07) is 10.1. The summed E-state index contributed by atoms with van der Waals surface area (Å²) in [7, 11) is 0. The minimum Gasteiger partial charge on any atom is -0.355 e. The van der Waals surface area contributed by atoms with Gasteiger partial charge in [0.15, 0.2) is 0 Å². The minimum absolute atomic E-state index is 0.132. The highest BCUT2D eigenvalue weighted by Gasteiger charge is 2.00. The lowest BCUT2D eigenvalue weighted by molar-refractivity contribution is -0.121. The zero-order valence-electron chi connectivity index (χ0n) is 10.5. The van der Waals surface area contributed by atoms with Gasteiger partial charge in [-0.05, 0) is 24.9 Å². The maximum atomic E-state index is 11.5. The van der Waals surface area contributed by atoms with Crippen molar-refractivity contribution >= 4 is 5.91 Å². The predicted molar refractivity (Wildman–Crippen MR) is 70.9 cm³/mol. The van der Waals surface area contributed by atoms with Gasteiger partial charge in [-0.25, -0.2) is 0 Å². The second-order valence-electron chi connectivity index (χ2n) is 4.09. The number of carbonyl (C=O) groups is 1. The van der Waals surface area contributed by atoms with E-state index in [-0.39, 0.29) is 5.91 Å². The first-order valence-electron chi connectivity index (χ1n) is 6.34. The van der Waals surface area contributed by atoms with E-state index in [4.69, 9.17) is 0 Å². The Kier molecular flexibility index (Phi) is 7.07. The molecule has 0 aliphatic carbocycles. The van der Waals surface area contributed by atoms with Crippen LogP contribution in [0.4, 0.5) is 0 Å². The van der Waals surface area contributed by atoms with Crippen LogP contribution in [0.2, 0.25) is 0 Å². The SMILES string of the molecule is CCCNCCNC(=O)CCc1ccccc1. The molecular weight excluding hydrogens is 212 g/mol. The van der Waals surface area contributed by atoms with E-state index in [1.165, 1.54) is 5.56 Å². The monoisotopic (exact) mass is 234 g/mol. The molecule has 3 heteroatoms. The number of hydrogen-bond donors (Lipinski definition) is 2. The maximum absolute atomic E-state index is 11.5. The van der Waals surface area contributed by atoms with E-state index in [0.717, 1.165) is 25.9 Å². The lowest BCUT2D eigenvalue weighted by atomic mass is 10.1. The molecule has 1 amide bonds. The second-order valence-corrected chi connectivity index (χ2v) is 4.09. The van der Waals surface area contributed by atoms with Gasteiger partial charge in [0, 0.05) is 19.5 Å². The van der Waals surface area contributed by atoms with Gasteiger partial charge in [0.1, 0.15) is 0 Å². The summed E-state index contributed by atoms with van der Waals surface area (Å²) < 4.78 is 0. The van der Waals surface area contributed by atoms with Crippen LogP contribution in [0.3, 0.4) is 0 Å². The number of rotatable bonds is 8. The van der Waals surface area contributed by atoms with E-state index >= 15 is 0 Å². The average molecular weight is 234 g/mol. The first-order valence-corrected chi connectivity index (χ1v) is 6.34. The van der Waals surface area contributed by atoms with Crippen molar-refractivity contribution in [1.29, 1.82) is 0 Å². The molecule has 94 valence electrons. The van der Waals surface area contributed by atoms with E-state index in [2.05, 4.69) is 29.7 Å². The molecule has 0 heterocycles. The number of benzene rings is 1. The van der Waals surface area contributed by atoms with Crippen molar-refractivity contribution < 1.29 is 4.79 Å². The number of nitrogens with one attached hydrogen (secondary N) is 2. The zero-order chi connectivity index (χ0) is 12.3. The Morgan fingerprint density at radius 1 is 1.12 bits per heavy atom. The Balaban J connectivity index is 2.05. The van der Waals surface area contributed by atoms with Crippen molar-refractivity contribution in [1.82, 2.24) is 10.6 Å². The van der Waals surface area contributed by atoms with Crippen molar-refractivity contribution in [2.75, 3.05) is 19.6 Å². The summed E-state index contributed by atoms with van der Waals surface area (Å²) in [6.45, 7) is 4.71. The van der Waals surface area contributed by atoms with Gasteiger partial charge in [0.25, 0.3) is 0 Å². The summed E-state index contributed by atoms with van der Waals surface area (Å²) in [4.78, 5) is 11.5. The third kappa shape index (κ3) is 6.74. The molecule has 0 unspecified atom stereocenters. The van der Waals surface area contributed by atoms with Crippen molar-refractivity contribution in [2.45, 2.75) is 26.2 Å². The first kappa shape index (κ1) is 13.7. The number of hydrogen-bond acceptors (Lipinski definition) is 2. The fourth-order valence-corrected chi connectivity index (χ4v) is 1.58. The molecule has 1 rings (SSSR count). The van der Waals surface area contributed by atoms with Crippen LogP contribution < -0.4 is 10.6 Å². The second kappa shape index (κ2) is 8.76. The summed E-state index contributed by atoms with van der Waals surface area (Å²) in [5.41, 5.74) is 1.21. The third-order valence-corrected chi connectivity index (χ3v) is 2.53. The Morgan fingerprint density at radius 3 is 2.59 bits per heavy atom. The summed E-state index contributed by atoms with van der Waals surface area (Å²) in [6.07, 6.45) is 2.51. The van der Waals surface area contributed by atoms with Crippen LogP contribution in [0.5, 0.6) is 0 Å². The quantitative estimate of drug-likeness (QED) is 0.673. The Morgan fingerprint density at radius 2 is 1.88 bits per heavy atom. The fourth-order valence-electron chi connectivity index (χ4n) is 1.58. The van der Waals surface area contributed by atoms with Crippen molar-refractivity contribution in [3.8, 4) is 0 Å². The molecule has 0 bridgehead atoms. The highest BCUT2D eigenvalue weighted by Crippen LogP contribution is 2.01. The normalized spacial score (nSPS) is 10.2. The lowest BCUT2D eigenvalue weighted by Gasteiger charge is -2.06. The van der Waals surface area contributed by atoms with Crippen LogP contribution in [-0.2, 0) is 11.2 Å². The van der Waals surface area contributed by atoms with Crippen molar-refractivity contribution in [3.63, 3.8) is 0 Å². The maximum Gasteiger partial charge on any atom is 0.220 e. The van der Waals surface area contributed by atoms with E-state index in [0.29, 0.717) is 13.0 Å². The summed E-state index contributed by atoms with van der Waals surface area (Å²) in [5.74, 6) is 0.132. The topological polar surface area (TPSA) is 41.1 Å². The molecule has 3 nitrogen and oxygen atoms in total. The fraction of sp³-hybridized carbons (Fsp3) is 0.500.